The summed E-state index contributed by atoms with van der Waals surface area (Å²) in [4.78, 5) is 0. The quantitative estimate of drug-likeness (QED) is 0.0780. The highest BCUT2D eigenvalue weighted by atomic mass is 127. The van der Waals surface area contributed by atoms with E-state index in [-0.39, 0.29) is 22.6 Å². The maximum atomic E-state index is 14.0. The molecule has 1 aromatic rings. The summed E-state index contributed by atoms with van der Waals surface area (Å²) >= 11 is 0.0924. The van der Waals surface area contributed by atoms with Gasteiger partial charge in [0.05, 0.1) is 0 Å². The second kappa shape index (κ2) is 9.76. The van der Waals surface area contributed by atoms with Crippen LogP contribution in [-0.4, -0.2) is 47.6 Å². The molecule has 0 radical (unpaired) electrons. The number of hydrogen-bond acceptors (Lipinski definition) is 0. The normalized spacial score (nSPS) is 16.1. The fourth-order valence-corrected chi connectivity index (χ4v) is 3.65. The Bertz CT molecular complexity index is 1060. The highest BCUT2D eigenvalue weighted by Gasteiger charge is 2.95. The van der Waals surface area contributed by atoms with Gasteiger partial charge in [0.15, 0.2) is 23.3 Å². The predicted octanol–water partition coefficient (Wildman–Crippen LogP) is 9.26. The van der Waals surface area contributed by atoms with E-state index in [2.05, 4.69) is 0 Å². The van der Waals surface area contributed by atoms with Crippen molar-refractivity contribution < 1.29 is 96.6 Å². The van der Waals surface area contributed by atoms with Crippen molar-refractivity contribution in [3.8, 4) is 0 Å². The molecule has 0 heterocycles. The molecule has 0 aliphatic rings. The number of rotatable bonds is 9. The van der Waals surface area contributed by atoms with Crippen LogP contribution in [0.15, 0.2) is 0 Å². The number of benzene rings is 1. The molecule has 1 aromatic carbocycles. The van der Waals surface area contributed by atoms with Crippen LogP contribution < -0.4 is 0 Å². The van der Waals surface area contributed by atoms with Gasteiger partial charge in [-0.25, -0.2) is 22.0 Å². The maximum Gasteiger partial charge on any atom is 0.460 e. The second-order valence-corrected chi connectivity index (χ2v) is 8.81. The van der Waals surface area contributed by atoms with E-state index in [0.717, 1.165) is 0 Å². The lowest BCUT2D eigenvalue weighted by Crippen LogP contribution is -2.74. The van der Waals surface area contributed by atoms with Crippen molar-refractivity contribution in [1.82, 2.24) is 0 Å². The highest BCUT2D eigenvalue weighted by molar-refractivity contribution is 14.1. The van der Waals surface area contributed by atoms with Crippen LogP contribution in [0.5, 0.6) is 0 Å². The molecule has 0 aliphatic carbocycles. The number of hydrogen-bond donors (Lipinski definition) is 0. The Kier molecular flexibility index (Phi) is 8.86. The van der Waals surface area contributed by atoms with Crippen LogP contribution in [0.2, 0.25) is 0 Å². The van der Waals surface area contributed by atoms with Crippen LogP contribution in [0.3, 0.4) is 0 Å². The summed E-state index contributed by atoms with van der Waals surface area (Å²) < 4.78 is 288. The fraction of sp³-hybridized carbons (Fsp3) is 0.625. The first-order chi connectivity index (χ1) is 16.8. The predicted molar refractivity (Wildman–Crippen MR) is 88.3 cm³/mol. The lowest BCUT2D eigenvalue weighted by Gasteiger charge is -2.43. The minimum atomic E-state index is -8.88. The van der Waals surface area contributed by atoms with Gasteiger partial charge < -0.3 is 0 Å². The Morgan fingerprint density at radius 1 is 0.410 bits per heavy atom. The van der Waals surface area contributed by atoms with Gasteiger partial charge in [0.2, 0.25) is 5.82 Å². The summed E-state index contributed by atoms with van der Waals surface area (Å²) in [5.74, 6) is -73.8. The van der Waals surface area contributed by atoms with Crippen LogP contribution in [0, 0.1) is 29.1 Å². The van der Waals surface area contributed by atoms with Gasteiger partial charge in [-0.1, -0.05) is 22.6 Å². The van der Waals surface area contributed by atoms with Crippen LogP contribution in [0.1, 0.15) is 15.9 Å². The Balaban J connectivity index is 3.68. The van der Waals surface area contributed by atoms with Gasteiger partial charge in [-0.3, -0.25) is 0 Å². The molecular weight excluding hydrogens is 737 g/mol. The molecule has 0 spiro atoms. The lowest BCUT2D eigenvalue weighted by molar-refractivity contribution is -0.461. The van der Waals surface area contributed by atoms with Crippen LogP contribution in [-0.2, 0) is 0 Å². The molecule has 0 saturated carbocycles. The molecule has 0 fully saturated rings. The van der Waals surface area contributed by atoms with Crippen LogP contribution >= 0.6 is 22.6 Å². The summed E-state index contributed by atoms with van der Waals surface area (Å²) in [7, 11) is 0. The van der Waals surface area contributed by atoms with E-state index in [1.165, 1.54) is 0 Å². The molecule has 1 atom stereocenters. The van der Waals surface area contributed by atoms with Crippen molar-refractivity contribution in [3.05, 3.63) is 34.6 Å². The van der Waals surface area contributed by atoms with E-state index >= 15 is 0 Å². The lowest BCUT2D eigenvalue weighted by atomic mass is 9.87. The van der Waals surface area contributed by atoms with Crippen molar-refractivity contribution in [1.29, 1.82) is 0 Å². The third kappa shape index (κ3) is 4.84. The van der Waals surface area contributed by atoms with E-state index in [0.29, 0.717) is 0 Å². The average Bonchev–Trinajstić information content (AvgIpc) is 2.74. The van der Waals surface area contributed by atoms with Gasteiger partial charge >= 0.3 is 47.6 Å². The molecule has 0 nitrogen and oxygen atoms in total. The van der Waals surface area contributed by atoms with Crippen LogP contribution in [0.4, 0.5) is 96.6 Å². The zero-order valence-electron chi connectivity index (χ0n) is 17.0. The topological polar surface area (TPSA) is 0 Å². The monoisotopic (exact) mass is 740 g/mol. The zero-order chi connectivity index (χ0) is 31.7. The standard InChI is InChI=1S/C16H3F22I/c17-4-3(5(18)7(20)8(21)6(4)19)2(39)1-9(22,23)10(24,25)11(26,27)12(28,29)13(30,31)14(32,33)15(34,35)16(36,37)38/h2H,1H2. The molecule has 23 heteroatoms. The number of halogens is 23. The van der Waals surface area contributed by atoms with Gasteiger partial charge in [0.25, 0.3) is 0 Å². The first kappa shape index (κ1) is 35.4. The Morgan fingerprint density at radius 3 is 0.974 bits per heavy atom. The molecule has 1 unspecified atom stereocenters. The molecule has 39 heavy (non-hydrogen) atoms. The highest BCUT2D eigenvalue weighted by Crippen LogP contribution is 2.64. The first-order valence-corrected chi connectivity index (χ1v) is 9.92. The molecule has 1 rings (SSSR count). The maximum absolute atomic E-state index is 14.0. The number of alkyl halides is 18. The molecule has 228 valence electrons. The van der Waals surface area contributed by atoms with E-state index in [4.69, 9.17) is 0 Å². The van der Waals surface area contributed by atoms with E-state index < -0.39 is 92.6 Å². The largest absolute Gasteiger partial charge is 0.460 e. The smallest absolute Gasteiger partial charge is 0.203 e. The Labute approximate surface area is 212 Å². The minimum Gasteiger partial charge on any atom is -0.203 e. The summed E-state index contributed by atoms with van der Waals surface area (Å²) in [6.45, 7) is 0. The summed E-state index contributed by atoms with van der Waals surface area (Å²) in [6.07, 6.45) is -11.4. The molecule has 0 bridgehead atoms. The van der Waals surface area contributed by atoms with Gasteiger partial charge in [-0.05, 0) is 0 Å². The average molecular weight is 740 g/mol. The Morgan fingerprint density at radius 2 is 0.667 bits per heavy atom. The first-order valence-electron chi connectivity index (χ1n) is 8.68. The van der Waals surface area contributed by atoms with Crippen molar-refractivity contribution in [2.75, 3.05) is 0 Å². The van der Waals surface area contributed by atoms with Gasteiger partial charge in [0, 0.05) is 15.9 Å². The fourth-order valence-electron chi connectivity index (χ4n) is 2.55. The van der Waals surface area contributed by atoms with E-state index in [1.807, 2.05) is 0 Å². The van der Waals surface area contributed by atoms with E-state index in [9.17, 15) is 96.6 Å². The third-order valence-electron chi connectivity index (χ3n) is 4.78. The third-order valence-corrected chi connectivity index (χ3v) is 5.84. The van der Waals surface area contributed by atoms with Crippen molar-refractivity contribution >= 4 is 22.6 Å². The zero-order valence-corrected chi connectivity index (χ0v) is 19.1. The van der Waals surface area contributed by atoms with Crippen molar-refractivity contribution in [2.45, 2.75) is 58.0 Å². The summed E-state index contributed by atoms with van der Waals surface area (Å²) in [5, 5.41) is 0. The molecule has 0 aromatic heterocycles. The second-order valence-electron chi connectivity index (χ2n) is 7.30. The summed E-state index contributed by atoms with van der Waals surface area (Å²) in [5.41, 5.74) is -2.49. The molecule has 0 N–H and O–H groups in total. The molecular formula is C16H3F22I. The SMILES string of the molecule is Fc1c(F)c(F)c(C(I)CC(F)(F)C(F)(F)C(F)(F)C(F)(F)C(F)(F)C(F)(F)C(F)(F)C(F)(F)F)c(F)c1F. The van der Waals surface area contributed by atoms with Crippen molar-refractivity contribution in [2.24, 2.45) is 0 Å². The van der Waals surface area contributed by atoms with E-state index in [1.54, 1.807) is 0 Å². The Hall–Kier alpha value is -1.59. The van der Waals surface area contributed by atoms with Gasteiger partial charge in [-0.2, -0.15) is 74.6 Å². The summed E-state index contributed by atoms with van der Waals surface area (Å²) in [6, 6.07) is 0. The molecule has 0 amide bonds. The van der Waals surface area contributed by atoms with Crippen LogP contribution in [0.25, 0.3) is 0 Å². The van der Waals surface area contributed by atoms with Crippen molar-refractivity contribution in [3.63, 3.8) is 0 Å². The molecule has 0 saturated heterocycles. The van der Waals surface area contributed by atoms with Gasteiger partial charge in [-0.15, -0.1) is 0 Å². The molecule has 0 aliphatic heterocycles. The van der Waals surface area contributed by atoms with Gasteiger partial charge in [0.1, 0.15) is 0 Å². The minimum absolute atomic E-state index is 0.0924.